The summed E-state index contributed by atoms with van der Waals surface area (Å²) in [6.07, 6.45) is 1.43. The summed E-state index contributed by atoms with van der Waals surface area (Å²) in [5.41, 5.74) is 2.16. The quantitative estimate of drug-likeness (QED) is 0.871. The molecule has 5 heteroatoms. The summed E-state index contributed by atoms with van der Waals surface area (Å²) in [6, 6.07) is 14.7. The second-order valence-corrected chi connectivity index (χ2v) is 8.09. The molecule has 20 heavy (non-hydrogen) atoms. The first-order valence-electron chi connectivity index (χ1n) is 6.16. The van der Waals surface area contributed by atoms with E-state index in [1.54, 1.807) is 24.3 Å². The van der Waals surface area contributed by atoms with Crippen LogP contribution >= 0.6 is 0 Å². The van der Waals surface area contributed by atoms with Crippen LogP contribution in [0.15, 0.2) is 62.1 Å². The highest BCUT2D eigenvalue weighted by Crippen LogP contribution is 2.24. The zero-order valence-corrected chi connectivity index (χ0v) is 13.3. The number of hydrogen-bond acceptors (Lipinski definition) is 2. The van der Waals surface area contributed by atoms with Gasteiger partial charge in [-0.15, -0.1) is 3.77 Å². The van der Waals surface area contributed by atoms with Gasteiger partial charge in [0, 0.05) is 6.26 Å². The Morgan fingerprint density at radius 3 is 1.50 bits per heavy atom. The Labute approximate surface area is 122 Å². The fourth-order valence-electron chi connectivity index (χ4n) is 1.82. The van der Waals surface area contributed by atoms with E-state index in [2.05, 4.69) is 3.77 Å². The lowest BCUT2D eigenvalue weighted by atomic mass is 10.2. The van der Waals surface area contributed by atoms with Gasteiger partial charge in [0.05, 0.1) is 9.79 Å². The summed E-state index contributed by atoms with van der Waals surface area (Å²) in [6.45, 7) is 3.93. The molecule has 0 amide bonds. The number of aryl methyl sites for hydroxylation is 2. The van der Waals surface area contributed by atoms with E-state index >= 15 is 0 Å². The topological polar surface area (TPSA) is 46.5 Å². The van der Waals surface area contributed by atoms with E-state index in [0.29, 0.717) is 9.79 Å². The molecular weight excluding hydrogens is 290 g/mol. The zero-order valence-electron chi connectivity index (χ0n) is 11.7. The Kier molecular flexibility index (Phi) is 4.40. The second kappa shape index (κ2) is 5.89. The van der Waals surface area contributed by atoms with E-state index in [1.165, 1.54) is 6.26 Å². The third kappa shape index (κ3) is 3.16. The van der Waals surface area contributed by atoms with E-state index in [4.69, 9.17) is 0 Å². The van der Waals surface area contributed by atoms with Crippen molar-refractivity contribution in [1.82, 2.24) is 0 Å². The number of nitrogens with zero attached hydrogens (tertiary/aromatic N) is 1. The third-order valence-electron chi connectivity index (χ3n) is 2.89. The molecule has 0 spiro atoms. The second-order valence-electron chi connectivity index (χ2n) is 4.65. The molecule has 0 saturated heterocycles. The normalized spacial score (nSPS) is 12.9. The molecule has 0 aliphatic carbocycles. The monoisotopic (exact) mass is 307 g/mol. The molecule has 1 atom stereocenters. The van der Waals surface area contributed by atoms with Gasteiger partial charge < -0.3 is 0 Å². The van der Waals surface area contributed by atoms with Crippen LogP contribution in [0.4, 0.5) is 0 Å². The van der Waals surface area contributed by atoms with E-state index in [1.807, 2.05) is 38.1 Å². The molecule has 0 radical (unpaired) electrons. The van der Waals surface area contributed by atoms with Crippen molar-refractivity contribution in [3.8, 4) is 0 Å². The van der Waals surface area contributed by atoms with Gasteiger partial charge in [-0.05, 0) is 38.1 Å². The minimum atomic E-state index is -2.85. The molecule has 0 fully saturated rings. The molecule has 1 unspecified atom stereocenters. The van der Waals surface area contributed by atoms with Crippen molar-refractivity contribution in [3.63, 3.8) is 0 Å². The molecule has 0 bridgehead atoms. The molecule has 0 aliphatic rings. The molecule has 0 aromatic heterocycles. The summed E-state index contributed by atoms with van der Waals surface area (Å²) in [5, 5.41) is 0. The molecule has 106 valence electrons. The average molecular weight is 307 g/mol. The van der Waals surface area contributed by atoms with Crippen LogP contribution in [0, 0.1) is 13.8 Å². The first-order valence-corrected chi connectivity index (χ1v) is 9.19. The van der Waals surface area contributed by atoms with E-state index in [9.17, 15) is 8.42 Å². The van der Waals surface area contributed by atoms with Crippen LogP contribution in [0.3, 0.4) is 0 Å². The van der Waals surface area contributed by atoms with E-state index in [-0.39, 0.29) is 0 Å². The first-order chi connectivity index (χ1) is 9.41. The Morgan fingerprint density at radius 2 is 1.20 bits per heavy atom. The van der Waals surface area contributed by atoms with E-state index in [0.717, 1.165) is 11.1 Å². The van der Waals surface area contributed by atoms with Crippen molar-refractivity contribution in [3.05, 3.63) is 59.7 Å². The predicted octanol–water partition coefficient (Wildman–Crippen LogP) is 3.48. The summed E-state index contributed by atoms with van der Waals surface area (Å²) in [7, 11) is -4.35. The largest absolute Gasteiger partial charge is 0.239 e. The SMILES string of the molecule is Cc1ccc(S(=O)(=NS(C)=O)c2ccc(C)cc2)cc1. The van der Waals surface area contributed by atoms with Crippen molar-refractivity contribution < 1.29 is 8.42 Å². The maximum Gasteiger partial charge on any atom is 0.145 e. The van der Waals surface area contributed by atoms with Crippen molar-refractivity contribution in [1.29, 1.82) is 0 Å². The average Bonchev–Trinajstić information content (AvgIpc) is 2.39. The first kappa shape index (κ1) is 14.9. The van der Waals surface area contributed by atoms with Gasteiger partial charge in [-0.1, -0.05) is 35.4 Å². The van der Waals surface area contributed by atoms with Crippen LogP contribution in [-0.4, -0.2) is 14.7 Å². The fourth-order valence-corrected chi connectivity index (χ4v) is 4.97. The maximum absolute atomic E-state index is 13.3. The molecule has 2 aromatic carbocycles. The summed E-state index contributed by atoms with van der Waals surface area (Å²) in [5.74, 6) is 0. The number of benzene rings is 2. The lowest BCUT2D eigenvalue weighted by Gasteiger charge is -2.10. The van der Waals surface area contributed by atoms with Crippen LogP contribution in [0.25, 0.3) is 0 Å². The zero-order chi connectivity index (χ0) is 14.8. The summed E-state index contributed by atoms with van der Waals surface area (Å²) in [4.78, 5) is 1.17. The molecule has 0 aliphatic heterocycles. The fraction of sp³-hybridized carbons (Fsp3) is 0.200. The molecule has 3 nitrogen and oxygen atoms in total. The lowest BCUT2D eigenvalue weighted by Crippen LogP contribution is -2.03. The Morgan fingerprint density at radius 1 is 0.850 bits per heavy atom. The summed E-state index contributed by atoms with van der Waals surface area (Å²) >= 11 is 0. The van der Waals surface area contributed by atoms with Crippen molar-refractivity contribution in [2.75, 3.05) is 6.26 Å². The Hall–Kier alpha value is -1.46. The van der Waals surface area contributed by atoms with Crippen LogP contribution in [-0.2, 0) is 20.7 Å². The minimum Gasteiger partial charge on any atom is -0.239 e. The molecule has 0 saturated carbocycles. The third-order valence-corrected chi connectivity index (χ3v) is 6.39. The molecule has 0 heterocycles. The standard InChI is InChI=1S/C15H17NO2S2/c1-12-4-8-14(9-5-12)20(18,16-19(3)17)15-10-6-13(2)7-11-15/h4-11H,1-3H3. The maximum atomic E-state index is 13.3. The number of rotatable bonds is 3. The van der Waals surface area contributed by atoms with Crippen LogP contribution in [0.2, 0.25) is 0 Å². The highest BCUT2D eigenvalue weighted by Gasteiger charge is 2.16. The van der Waals surface area contributed by atoms with Gasteiger partial charge in [0.15, 0.2) is 0 Å². The molecular formula is C15H17NO2S2. The minimum absolute atomic E-state index is 0.585. The van der Waals surface area contributed by atoms with Gasteiger partial charge >= 0.3 is 0 Å². The van der Waals surface area contributed by atoms with Crippen LogP contribution in [0.1, 0.15) is 11.1 Å². The highest BCUT2D eigenvalue weighted by atomic mass is 32.3. The Bertz CT molecular complexity index is 689. The number of hydrogen-bond donors (Lipinski definition) is 0. The van der Waals surface area contributed by atoms with Gasteiger partial charge in [0.1, 0.15) is 20.7 Å². The van der Waals surface area contributed by atoms with Gasteiger partial charge in [-0.25, -0.2) is 8.42 Å². The van der Waals surface area contributed by atoms with Crippen LogP contribution < -0.4 is 0 Å². The predicted molar refractivity (Wildman–Crippen MR) is 83.5 cm³/mol. The smallest absolute Gasteiger partial charge is 0.145 e. The highest BCUT2D eigenvalue weighted by molar-refractivity contribution is 8.00. The molecule has 2 aromatic rings. The van der Waals surface area contributed by atoms with Crippen molar-refractivity contribution in [2.45, 2.75) is 23.6 Å². The Balaban J connectivity index is 2.69. The van der Waals surface area contributed by atoms with E-state index < -0.39 is 20.7 Å². The van der Waals surface area contributed by atoms with Gasteiger partial charge in [-0.2, -0.15) is 0 Å². The summed E-state index contributed by atoms with van der Waals surface area (Å²) < 4.78 is 28.8. The van der Waals surface area contributed by atoms with Crippen molar-refractivity contribution in [2.24, 2.45) is 3.77 Å². The van der Waals surface area contributed by atoms with Crippen molar-refractivity contribution >= 4 is 20.7 Å². The van der Waals surface area contributed by atoms with Crippen LogP contribution in [0.5, 0.6) is 0 Å². The molecule has 2 rings (SSSR count). The van der Waals surface area contributed by atoms with Gasteiger partial charge in [0.2, 0.25) is 0 Å². The lowest BCUT2D eigenvalue weighted by molar-refractivity contribution is 0.675. The van der Waals surface area contributed by atoms with Gasteiger partial charge in [-0.3, -0.25) is 0 Å². The molecule has 0 N–H and O–H groups in total. The van der Waals surface area contributed by atoms with Gasteiger partial charge in [0.25, 0.3) is 0 Å².